The van der Waals surface area contributed by atoms with Crippen molar-refractivity contribution in [1.29, 1.82) is 0 Å². The summed E-state index contributed by atoms with van der Waals surface area (Å²) in [5.74, 6) is 0.457. The van der Waals surface area contributed by atoms with Gasteiger partial charge in [0.05, 0.1) is 11.0 Å². The average molecular weight is 408 g/mol. The van der Waals surface area contributed by atoms with Crippen molar-refractivity contribution in [3.05, 3.63) is 33.3 Å². The highest BCUT2D eigenvalue weighted by atomic mass is 32.2. The van der Waals surface area contributed by atoms with Gasteiger partial charge in [-0.2, -0.15) is 0 Å². The second-order valence-electron chi connectivity index (χ2n) is 7.74. The number of amides is 1. The average Bonchev–Trinajstić information content (AvgIpc) is 3.00. The summed E-state index contributed by atoms with van der Waals surface area (Å²) < 4.78 is 7.45. The summed E-state index contributed by atoms with van der Waals surface area (Å²) in [6.45, 7) is 8.67. The molecule has 1 saturated heterocycles. The van der Waals surface area contributed by atoms with Crippen molar-refractivity contribution in [3.8, 4) is 0 Å². The fraction of sp³-hybridized carbons (Fsp3) is 0.529. The van der Waals surface area contributed by atoms with Gasteiger partial charge in [0.2, 0.25) is 5.89 Å². The number of piperazine rings is 1. The molecule has 3 rings (SSSR count). The van der Waals surface area contributed by atoms with Crippen LogP contribution in [0.3, 0.4) is 0 Å². The van der Waals surface area contributed by atoms with Gasteiger partial charge in [-0.15, -0.1) is 0 Å². The molecule has 10 nitrogen and oxygen atoms in total. The highest BCUT2D eigenvalue weighted by Crippen LogP contribution is 2.34. The number of carbonyl (C=O) groups excluding carboxylic acids is 1. The van der Waals surface area contributed by atoms with Crippen LogP contribution in [0, 0.1) is 15.3 Å². The number of carbonyl (C=O) groups is 1. The van der Waals surface area contributed by atoms with Crippen LogP contribution in [0.5, 0.6) is 0 Å². The first kappa shape index (κ1) is 20.5. The molecular formula is C17H22N5O5S-. The van der Waals surface area contributed by atoms with Crippen LogP contribution in [-0.4, -0.2) is 50.2 Å². The lowest BCUT2D eigenvalue weighted by atomic mass is 9.97. The molecule has 1 fully saturated rings. The molecule has 1 aromatic heterocycles. The third-order valence-corrected chi connectivity index (χ3v) is 5.36. The smallest absolute Gasteiger partial charge is 0.298 e. The van der Waals surface area contributed by atoms with Crippen molar-refractivity contribution in [2.24, 2.45) is 0 Å². The largest absolute Gasteiger partial charge is 0.785 e. The topological polar surface area (TPSA) is 128 Å². The van der Waals surface area contributed by atoms with E-state index in [9.17, 15) is 20.1 Å². The van der Waals surface area contributed by atoms with Crippen LogP contribution < -0.4 is 5.32 Å². The highest BCUT2D eigenvalue weighted by molar-refractivity contribution is 8.11. The molecule has 1 N–H and O–H groups in total. The van der Waals surface area contributed by atoms with Gasteiger partial charge in [0.15, 0.2) is 5.58 Å². The number of rotatable bonds is 3. The lowest BCUT2D eigenvalue weighted by molar-refractivity contribution is -0.383. The van der Waals surface area contributed by atoms with Gasteiger partial charge in [-0.1, -0.05) is 20.8 Å². The second-order valence-corrected chi connectivity index (χ2v) is 8.77. The maximum atomic E-state index is 12.4. The molecule has 0 aliphatic carbocycles. The van der Waals surface area contributed by atoms with Gasteiger partial charge >= 0.3 is 0 Å². The first-order valence-corrected chi connectivity index (χ1v) is 9.59. The van der Waals surface area contributed by atoms with Crippen LogP contribution in [0.2, 0.25) is 0 Å². The molecular weight excluding hydrogens is 386 g/mol. The van der Waals surface area contributed by atoms with E-state index in [1.54, 1.807) is 4.31 Å². The van der Waals surface area contributed by atoms with Crippen LogP contribution >= 0.6 is 11.9 Å². The summed E-state index contributed by atoms with van der Waals surface area (Å²) in [6.07, 6.45) is 0. The standard InChI is InChI=1S/C17H22N5O5S/c1-10-9-20(24)5-6-21(10)28-16(23)19-11-7-12-14(8-13(11)22(25)26)27-15(18-12)17(2,3)4/h7-8,10H,5-6,9H2,1-4H3,(H,19,23)/q-1. The van der Waals surface area contributed by atoms with Crippen LogP contribution in [0.25, 0.3) is 11.1 Å². The number of hydrogen-bond donors (Lipinski definition) is 1. The summed E-state index contributed by atoms with van der Waals surface area (Å²) in [5, 5.41) is 25.9. The molecule has 0 radical (unpaired) electrons. The summed E-state index contributed by atoms with van der Waals surface area (Å²) in [7, 11) is 0. The third-order valence-electron chi connectivity index (χ3n) is 4.31. The quantitative estimate of drug-likeness (QED) is 0.459. The molecule has 0 bridgehead atoms. The number of hydrogen-bond acceptors (Lipinski definition) is 9. The number of aromatic nitrogens is 1. The fourth-order valence-electron chi connectivity index (χ4n) is 2.82. The zero-order valence-corrected chi connectivity index (χ0v) is 16.9. The number of oxazole rings is 1. The maximum absolute atomic E-state index is 12.4. The molecule has 1 unspecified atom stereocenters. The first-order chi connectivity index (χ1) is 13.0. The molecule has 0 saturated carbocycles. The first-order valence-electron chi connectivity index (χ1n) is 8.81. The monoisotopic (exact) mass is 408 g/mol. The van der Waals surface area contributed by atoms with Gasteiger partial charge in [0.25, 0.3) is 10.9 Å². The number of nitro benzene ring substituents is 1. The van der Waals surface area contributed by atoms with E-state index in [4.69, 9.17) is 4.42 Å². The van der Waals surface area contributed by atoms with Gasteiger partial charge in [0, 0.05) is 36.5 Å². The third kappa shape index (κ3) is 4.43. The molecule has 2 aromatic rings. The molecule has 1 aliphatic rings. The van der Waals surface area contributed by atoms with Crippen molar-refractivity contribution >= 4 is 39.7 Å². The molecule has 28 heavy (non-hydrogen) atoms. The van der Waals surface area contributed by atoms with Gasteiger partial charge in [-0.05, 0) is 19.5 Å². The van der Waals surface area contributed by atoms with Gasteiger partial charge < -0.3 is 20.0 Å². The van der Waals surface area contributed by atoms with E-state index >= 15 is 0 Å². The minimum Gasteiger partial charge on any atom is -0.785 e. The molecule has 1 aromatic carbocycles. The van der Waals surface area contributed by atoms with E-state index < -0.39 is 10.2 Å². The lowest BCUT2D eigenvalue weighted by Gasteiger charge is -2.41. The van der Waals surface area contributed by atoms with Crippen molar-refractivity contribution < 1.29 is 14.1 Å². The van der Waals surface area contributed by atoms with Crippen LogP contribution in [-0.2, 0) is 5.41 Å². The number of nitrogens with one attached hydrogen (secondary N) is 1. The van der Waals surface area contributed by atoms with E-state index in [2.05, 4.69) is 10.3 Å². The number of benzene rings is 1. The van der Waals surface area contributed by atoms with Crippen molar-refractivity contribution in [1.82, 2.24) is 14.4 Å². The summed E-state index contributed by atoms with van der Waals surface area (Å²) >= 11 is 0.912. The minimum absolute atomic E-state index is 0.0545. The molecule has 1 atom stereocenters. The molecule has 2 heterocycles. The van der Waals surface area contributed by atoms with Crippen molar-refractivity contribution in [2.45, 2.75) is 39.2 Å². The van der Waals surface area contributed by atoms with Crippen LogP contribution in [0.1, 0.15) is 33.6 Å². The van der Waals surface area contributed by atoms with Crippen LogP contribution in [0.4, 0.5) is 16.2 Å². The number of hydroxylamine groups is 2. The molecule has 0 spiro atoms. The summed E-state index contributed by atoms with van der Waals surface area (Å²) in [6, 6.07) is 2.62. The van der Waals surface area contributed by atoms with Crippen LogP contribution in [0.15, 0.2) is 16.5 Å². The SMILES string of the molecule is CC1CN([O-])CCN1SC(=O)Nc1cc2nc(C(C)(C)C)oc2cc1[N+](=O)[O-]. The molecule has 1 amide bonds. The van der Waals surface area contributed by atoms with Gasteiger partial charge in [0.1, 0.15) is 11.2 Å². The Morgan fingerprint density at radius 1 is 1.39 bits per heavy atom. The van der Waals surface area contributed by atoms with E-state index in [0.717, 1.165) is 17.0 Å². The van der Waals surface area contributed by atoms with Crippen molar-refractivity contribution in [2.75, 3.05) is 25.0 Å². The number of nitrogens with zero attached hydrogens (tertiary/aromatic N) is 4. The minimum atomic E-state index is -0.572. The van der Waals surface area contributed by atoms with Gasteiger partial charge in [-0.25, -0.2) is 9.29 Å². The highest BCUT2D eigenvalue weighted by Gasteiger charge is 2.27. The Hall–Kier alpha value is -2.21. The number of nitro groups is 1. The Kier molecular flexibility index (Phi) is 5.62. The number of anilines is 1. The van der Waals surface area contributed by atoms with Crippen molar-refractivity contribution in [3.63, 3.8) is 0 Å². The summed E-state index contributed by atoms with van der Waals surface area (Å²) in [5.41, 5.74) is 0.161. The summed E-state index contributed by atoms with van der Waals surface area (Å²) in [4.78, 5) is 27.7. The van der Waals surface area contributed by atoms with E-state index in [1.807, 2.05) is 27.7 Å². The Morgan fingerprint density at radius 3 is 2.71 bits per heavy atom. The van der Waals surface area contributed by atoms with Gasteiger partial charge in [-0.3, -0.25) is 14.9 Å². The number of fused-ring (bicyclic) bond motifs is 1. The Bertz CT molecular complexity index is 909. The molecule has 152 valence electrons. The predicted octanol–water partition coefficient (Wildman–Crippen LogP) is 3.72. The van der Waals surface area contributed by atoms with E-state index in [1.165, 1.54) is 12.1 Å². The normalized spacial score (nSPS) is 19.1. The Morgan fingerprint density at radius 2 is 2.11 bits per heavy atom. The zero-order chi connectivity index (χ0) is 20.6. The van der Waals surface area contributed by atoms with E-state index in [0.29, 0.717) is 36.6 Å². The maximum Gasteiger partial charge on any atom is 0.298 e. The second kappa shape index (κ2) is 7.66. The Labute approximate surface area is 166 Å². The van der Waals surface area contributed by atoms with E-state index in [-0.39, 0.29) is 22.8 Å². The lowest BCUT2D eigenvalue weighted by Crippen LogP contribution is -2.47. The molecule has 1 aliphatic heterocycles. The Balaban J connectivity index is 1.83. The zero-order valence-electron chi connectivity index (χ0n) is 16.1. The molecule has 11 heteroatoms. The predicted molar refractivity (Wildman–Crippen MR) is 107 cm³/mol. The fourth-order valence-corrected chi connectivity index (χ4v) is 3.61.